The van der Waals surface area contributed by atoms with Crippen molar-refractivity contribution in [2.45, 2.75) is 52.6 Å². The van der Waals surface area contributed by atoms with Crippen LogP contribution in [-0.4, -0.2) is 6.04 Å². The molecule has 0 spiro atoms. The molecule has 1 heteroatoms. The minimum atomic E-state index is 0.500. The van der Waals surface area contributed by atoms with Gasteiger partial charge in [0.05, 0.1) is 0 Å². The lowest BCUT2D eigenvalue weighted by atomic mass is 10.0. The first-order valence-electron chi connectivity index (χ1n) is 6.00. The van der Waals surface area contributed by atoms with Crippen LogP contribution in [-0.2, 0) is 0 Å². The Morgan fingerprint density at radius 1 is 1.20 bits per heavy atom. The first-order valence-corrected chi connectivity index (χ1v) is 6.00. The predicted octanol–water partition coefficient (Wildman–Crippen LogP) is 3.83. The van der Waals surface area contributed by atoms with Crippen LogP contribution < -0.4 is 5.32 Å². The summed E-state index contributed by atoms with van der Waals surface area (Å²) in [5.41, 5.74) is 2.76. The Labute approximate surface area is 93.9 Å². The lowest BCUT2D eigenvalue weighted by molar-refractivity contribution is 0.437. The van der Waals surface area contributed by atoms with Crippen molar-refractivity contribution in [1.29, 1.82) is 0 Å². The van der Waals surface area contributed by atoms with Crippen molar-refractivity contribution in [2.24, 2.45) is 0 Å². The Bertz CT molecular complexity index is 293. The smallest absolute Gasteiger partial charge is 0.0320 e. The third kappa shape index (κ3) is 3.67. The molecule has 1 rings (SSSR count). The van der Waals surface area contributed by atoms with Crippen molar-refractivity contribution in [3.8, 4) is 0 Å². The average Bonchev–Trinajstić information content (AvgIpc) is 2.25. The molecule has 0 aliphatic rings. The number of rotatable bonds is 5. The van der Waals surface area contributed by atoms with Crippen LogP contribution in [0.3, 0.4) is 0 Å². The standard InChI is InChI=1S/C14H23N/c1-5-12(4)15-14(6-2)13-9-7-8-11(3)10-13/h7-10,12,14-15H,5-6H2,1-4H3. The van der Waals surface area contributed by atoms with Crippen LogP contribution in [0.2, 0.25) is 0 Å². The summed E-state index contributed by atoms with van der Waals surface area (Å²) >= 11 is 0. The first-order chi connectivity index (χ1) is 7.17. The van der Waals surface area contributed by atoms with Crippen molar-refractivity contribution in [2.75, 3.05) is 0 Å². The minimum Gasteiger partial charge on any atom is -0.307 e. The van der Waals surface area contributed by atoms with Gasteiger partial charge in [-0.25, -0.2) is 0 Å². The maximum atomic E-state index is 3.66. The van der Waals surface area contributed by atoms with Crippen molar-refractivity contribution in [3.63, 3.8) is 0 Å². The molecule has 0 bridgehead atoms. The molecule has 15 heavy (non-hydrogen) atoms. The van der Waals surface area contributed by atoms with Crippen LogP contribution in [0.25, 0.3) is 0 Å². The number of nitrogens with one attached hydrogen (secondary N) is 1. The molecule has 0 saturated carbocycles. The van der Waals surface area contributed by atoms with E-state index in [9.17, 15) is 0 Å². The molecule has 84 valence electrons. The molecule has 0 aliphatic carbocycles. The Morgan fingerprint density at radius 2 is 1.93 bits per heavy atom. The van der Waals surface area contributed by atoms with E-state index in [1.807, 2.05) is 0 Å². The van der Waals surface area contributed by atoms with Crippen molar-refractivity contribution >= 4 is 0 Å². The van der Waals surface area contributed by atoms with Gasteiger partial charge in [0.25, 0.3) is 0 Å². The van der Waals surface area contributed by atoms with Crippen LogP contribution in [0.15, 0.2) is 24.3 Å². The van der Waals surface area contributed by atoms with E-state index in [1.54, 1.807) is 0 Å². The summed E-state index contributed by atoms with van der Waals surface area (Å²) in [5, 5.41) is 3.66. The van der Waals surface area contributed by atoms with Gasteiger partial charge in [-0.2, -0.15) is 0 Å². The molecule has 0 fully saturated rings. The minimum absolute atomic E-state index is 0.500. The molecule has 1 nitrogen and oxygen atoms in total. The highest BCUT2D eigenvalue weighted by atomic mass is 14.9. The third-order valence-corrected chi connectivity index (χ3v) is 2.95. The second kappa shape index (κ2) is 5.92. The van der Waals surface area contributed by atoms with E-state index in [1.165, 1.54) is 17.5 Å². The summed E-state index contributed by atoms with van der Waals surface area (Å²) in [4.78, 5) is 0. The zero-order valence-electron chi connectivity index (χ0n) is 10.4. The fourth-order valence-electron chi connectivity index (χ4n) is 1.80. The van der Waals surface area contributed by atoms with Crippen LogP contribution in [0.1, 0.15) is 50.8 Å². The van der Waals surface area contributed by atoms with Crippen LogP contribution >= 0.6 is 0 Å². The Morgan fingerprint density at radius 3 is 2.47 bits per heavy atom. The van der Waals surface area contributed by atoms with E-state index < -0.39 is 0 Å². The fourth-order valence-corrected chi connectivity index (χ4v) is 1.80. The van der Waals surface area contributed by atoms with E-state index in [4.69, 9.17) is 0 Å². The van der Waals surface area contributed by atoms with Gasteiger partial charge in [-0.1, -0.05) is 43.7 Å². The van der Waals surface area contributed by atoms with Crippen LogP contribution in [0.5, 0.6) is 0 Å². The SMILES string of the molecule is CCC(C)NC(CC)c1cccc(C)c1. The summed E-state index contributed by atoms with van der Waals surface area (Å²) in [5.74, 6) is 0. The molecule has 0 aliphatic heterocycles. The average molecular weight is 205 g/mol. The lowest BCUT2D eigenvalue weighted by Crippen LogP contribution is -2.29. The Hall–Kier alpha value is -0.820. The van der Waals surface area contributed by atoms with Gasteiger partial charge in [-0.3, -0.25) is 0 Å². The van der Waals surface area contributed by atoms with Gasteiger partial charge in [0.1, 0.15) is 0 Å². The molecule has 0 radical (unpaired) electrons. The van der Waals surface area contributed by atoms with Crippen molar-refractivity contribution < 1.29 is 0 Å². The summed E-state index contributed by atoms with van der Waals surface area (Å²) < 4.78 is 0. The second-order valence-electron chi connectivity index (χ2n) is 4.35. The molecule has 0 amide bonds. The molecule has 1 aromatic rings. The third-order valence-electron chi connectivity index (χ3n) is 2.95. The van der Waals surface area contributed by atoms with Gasteiger partial charge in [0.15, 0.2) is 0 Å². The molecule has 2 unspecified atom stereocenters. The largest absolute Gasteiger partial charge is 0.307 e. The van der Waals surface area contributed by atoms with Gasteiger partial charge in [-0.15, -0.1) is 0 Å². The summed E-state index contributed by atoms with van der Waals surface area (Å²) in [7, 11) is 0. The predicted molar refractivity (Wildman–Crippen MR) is 67.1 cm³/mol. The number of aryl methyl sites for hydroxylation is 1. The molecule has 1 N–H and O–H groups in total. The van der Waals surface area contributed by atoms with Gasteiger partial charge in [0, 0.05) is 12.1 Å². The van der Waals surface area contributed by atoms with Gasteiger partial charge in [-0.05, 0) is 32.3 Å². The summed E-state index contributed by atoms with van der Waals surface area (Å²) in [6.45, 7) is 8.86. The van der Waals surface area contributed by atoms with Gasteiger partial charge >= 0.3 is 0 Å². The first kappa shape index (κ1) is 12.3. The molecule has 1 aromatic carbocycles. The van der Waals surface area contributed by atoms with E-state index in [0.29, 0.717) is 12.1 Å². The zero-order valence-corrected chi connectivity index (χ0v) is 10.4. The highest BCUT2D eigenvalue weighted by Gasteiger charge is 2.10. The Kier molecular flexibility index (Phi) is 4.83. The zero-order chi connectivity index (χ0) is 11.3. The Balaban J connectivity index is 2.73. The highest BCUT2D eigenvalue weighted by molar-refractivity contribution is 5.25. The summed E-state index contributed by atoms with van der Waals surface area (Å²) in [6.07, 6.45) is 2.33. The van der Waals surface area contributed by atoms with Gasteiger partial charge in [0.2, 0.25) is 0 Å². The molecule has 0 aromatic heterocycles. The van der Waals surface area contributed by atoms with E-state index >= 15 is 0 Å². The van der Waals surface area contributed by atoms with E-state index in [0.717, 1.165) is 6.42 Å². The quantitative estimate of drug-likeness (QED) is 0.770. The topological polar surface area (TPSA) is 12.0 Å². The van der Waals surface area contributed by atoms with E-state index in [2.05, 4.69) is 57.3 Å². The van der Waals surface area contributed by atoms with Gasteiger partial charge < -0.3 is 5.32 Å². The normalized spacial score (nSPS) is 14.9. The molecule has 0 saturated heterocycles. The number of benzene rings is 1. The molecule has 2 atom stereocenters. The van der Waals surface area contributed by atoms with E-state index in [-0.39, 0.29) is 0 Å². The molecule has 0 heterocycles. The highest BCUT2D eigenvalue weighted by Crippen LogP contribution is 2.18. The maximum absolute atomic E-state index is 3.66. The van der Waals surface area contributed by atoms with Crippen LogP contribution in [0, 0.1) is 6.92 Å². The molecular formula is C14H23N. The fraction of sp³-hybridized carbons (Fsp3) is 0.571. The molecular weight excluding hydrogens is 182 g/mol. The lowest BCUT2D eigenvalue weighted by Gasteiger charge is -2.22. The second-order valence-corrected chi connectivity index (χ2v) is 4.35. The van der Waals surface area contributed by atoms with Crippen molar-refractivity contribution in [1.82, 2.24) is 5.32 Å². The maximum Gasteiger partial charge on any atom is 0.0320 e. The van der Waals surface area contributed by atoms with Crippen molar-refractivity contribution in [3.05, 3.63) is 35.4 Å². The monoisotopic (exact) mass is 205 g/mol. The van der Waals surface area contributed by atoms with Crippen LogP contribution in [0.4, 0.5) is 0 Å². The number of hydrogen-bond donors (Lipinski definition) is 1. The summed E-state index contributed by atoms with van der Waals surface area (Å²) in [6, 6.07) is 9.89. The number of hydrogen-bond acceptors (Lipinski definition) is 1.